The number of amides is 3. The molecule has 2 saturated heterocycles. The first-order chi connectivity index (χ1) is 13.8. The number of nitrogens with zero attached hydrogens (tertiary/aromatic N) is 5. The van der Waals surface area contributed by atoms with Crippen molar-refractivity contribution in [2.24, 2.45) is 5.10 Å². The molecule has 4 unspecified atom stereocenters. The van der Waals surface area contributed by atoms with Gasteiger partial charge in [0.25, 0.3) is 5.91 Å². The molecule has 0 bridgehead atoms. The number of halogens is 1. The molecule has 4 rings (SSSR count). The maximum absolute atomic E-state index is 13.3. The van der Waals surface area contributed by atoms with Crippen molar-refractivity contribution < 1.29 is 14.0 Å². The summed E-state index contributed by atoms with van der Waals surface area (Å²) in [6, 6.07) is 5.32. The standard InChI is InChI=1S/C20H25FN6O2/c1-5-10-25-18(28)16-17(24(4)20(25)29)22-19-26(23-12(2)13(3)27(16)19)11-14-6-8-15(21)9-7-14/h5-9,13,16-17,19,22H,1,10-11H2,2-4H3. The van der Waals surface area contributed by atoms with Gasteiger partial charge in [0, 0.05) is 13.6 Å². The molecular formula is C20H25FN6O2. The van der Waals surface area contributed by atoms with Gasteiger partial charge < -0.3 is 4.90 Å². The number of fused-ring (bicyclic) bond motifs is 3. The lowest BCUT2D eigenvalue weighted by Gasteiger charge is -2.44. The molecule has 1 aromatic carbocycles. The third-order valence-corrected chi connectivity index (χ3v) is 5.88. The fourth-order valence-corrected chi connectivity index (χ4v) is 4.24. The minimum absolute atomic E-state index is 0.0805. The van der Waals surface area contributed by atoms with Crippen LogP contribution >= 0.6 is 0 Å². The van der Waals surface area contributed by atoms with Crippen molar-refractivity contribution in [3.63, 3.8) is 0 Å². The highest BCUT2D eigenvalue weighted by molar-refractivity contribution is 6.01. The first kappa shape index (κ1) is 19.5. The van der Waals surface area contributed by atoms with E-state index < -0.39 is 12.2 Å². The van der Waals surface area contributed by atoms with Crippen molar-refractivity contribution in [3.8, 4) is 0 Å². The molecule has 29 heavy (non-hydrogen) atoms. The Bertz CT molecular complexity index is 872. The van der Waals surface area contributed by atoms with Crippen LogP contribution in [0.15, 0.2) is 42.0 Å². The minimum Gasteiger partial charge on any atom is -0.310 e. The van der Waals surface area contributed by atoms with Crippen molar-refractivity contribution in [1.29, 1.82) is 0 Å². The van der Waals surface area contributed by atoms with Crippen LogP contribution in [0.2, 0.25) is 0 Å². The highest BCUT2D eigenvalue weighted by Crippen LogP contribution is 2.33. The van der Waals surface area contributed by atoms with Gasteiger partial charge in [-0.1, -0.05) is 18.2 Å². The molecule has 154 valence electrons. The van der Waals surface area contributed by atoms with E-state index in [2.05, 4.69) is 16.8 Å². The Labute approximate surface area is 169 Å². The predicted octanol–water partition coefficient (Wildman–Crippen LogP) is 1.37. The maximum Gasteiger partial charge on any atom is 0.328 e. The number of likely N-dealkylation sites (N-methyl/N-ethyl adjacent to an activating group) is 1. The van der Waals surface area contributed by atoms with Gasteiger partial charge in [-0.15, -0.1) is 6.58 Å². The molecular weight excluding hydrogens is 375 g/mol. The molecule has 9 heteroatoms. The van der Waals surface area contributed by atoms with Gasteiger partial charge in [-0.2, -0.15) is 5.10 Å². The molecule has 0 radical (unpaired) electrons. The van der Waals surface area contributed by atoms with E-state index in [4.69, 9.17) is 5.10 Å². The highest BCUT2D eigenvalue weighted by Gasteiger charge is 2.57. The fraction of sp³-hybridized carbons (Fsp3) is 0.450. The number of carbonyl (C=O) groups is 2. The number of hydrazone groups is 1. The molecule has 1 N–H and O–H groups in total. The van der Waals surface area contributed by atoms with Crippen LogP contribution < -0.4 is 5.32 Å². The van der Waals surface area contributed by atoms with Crippen molar-refractivity contribution in [1.82, 2.24) is 25.0 Å². The van der Waals surface area contributed by atoms with Crippen LogP contribution in [0.25, 0.3) is 0 Å². The van der Waals surface area contributed by atoms with Crippen LogP contribution in [0, 0.1) is 5.82 Å². The van der Waals surface area contributed by atoms with E-state index in [-0.39, 0.29) is 36.6 Å². The van der Waals surface area contributed by atoms with E-state index in [1.54, 1.807) is 30.2 Å². The summed E-state index contributed by atoms with van der Waals surface area (Å²) in [7, 11) is 1.69. The number of nitrogens with one attached hydrogen (secondary N) is 1. The Balaban J connectivity index is 1.67. The second kappa shape index (κ2) is 7.23. The van der Waals surface area contributed by atoms with E-state index in [0.717, 1.165) is 11.3 Å². The number of carbonyl (C=O) groups excluding carboxylic acids is 2. The third kappa shape index (κ3) is 3.10. The summed E-state index contributed by atoms with van der Waals surface area (Å²) in [5.41, 5.74) is 1.77. The van der Waals surface area contributed by atoms with Crippen LogP contribution in [0.1, 0.15) is 19.4 Å². The van der Waals surface area contributed by atoms with Crippen LogP contribution in [-0.4, -0.2) is 75.5 Å². The first-order valence-electron chi connectivity index (χ1n) is 9.62. The van der Waals surface area contributed by atoms with Gasteiger partial charge in [0.1, 0.15) is 18.0 Å². The normalized spacial score (nSPS) is 29.7. The molecule has 2 fully saturated rings. The van der Waals surface area contributed by atoms with Gasteiger partial charge >= 0.3 is 6.03 Å². The molecule has 0 spiro atoms. The molecule has 4 atom stereocenters. The number of hydrogen-bond donors (Lipinski definition) is 1. The Morgan fingerprint density at radius 2 is 1.97 bits per heavy atom. The second-order valence-corrected chi connectivity index (χ2v) is 7.65. The zero-order valence-electron chi connectivity index (χ0n) is 16.7. The van der Waals surface area contributed by atoms with Crippen molar-refractivity contribution in [2.45, 2.75) is 44.9 Å². The van der Waals surface area contributed by atoms with E-state index in [1.165, 1.54) is 17.0 Å². The smallest absolute Gasteiger partial charge is 0.310 e. The summed E-state index contributed by atoms with van der Waals surface area (Å²) in [6.07, 6.45) is 0.730. The number of urea groups is 1. The van der Waals surface area contributed by atoms with Crippen LogP contribution in [0.4, 0.5) is 9.18 Å². The summed E-state index contributed by atoms with van der Waals surface area (Å²) in [5.74, 6) is -0.531. The minimum atomic E-state index is -0.529. The molecule has 3 amide bonds. The Morgan fingerprint density at radius 1 is 1.28 bits per heavy atom. The Hall–Kier alpha value is -2.78. The second-order valence-electron chi connectivity index (χ2n) is 7.65. The van der Waals surface area contributed by atoms with Gasteiger partial charge in [0.05, 0.1) is 18.3 Å². The quantitative estimate of drug-likeness (QED) is 0.773. The van der Waals surface area contributed by atoms with Crippen molar-refractivity contribution >= 4 is 17.6 Å². The lowest BCUT2D eigenvalue weighted by molar-refractivity contribution is -0.139. The lowest BCUT2D eigenvalue weighted by Crippen LogP contribution is -2.67. The van der Waals surface area contributed by atoms with Crippen molar-refractivity contribution in [2.75, 3.05) is 13.6 Å². The number of rotatable bonds is 4. The van der Waals surface area contributed by atoms with E-state index in [0.29, 0.717) is 6.54 Å². The zero-order valence-corrected chi connectivity index (χ0v) is 16.7. The largest absolute Gasteiger partial charge is 0.328 e. The van der Waals surface area contributed by atoms with E-state index >= 15 is 0 Å². The Kier molecular flexibility index (Phi) is 4.87. The average Bonchev–Trinajstić information content (AvgIpc) is 3.10. The average molecular weight is 400 g/mol. The summed E-state index contributed by atoms with van der Waals surface area (Å²) < 4.78 is 13.3. The van der Waals surface area contributed by atoms with E-state index in [1.807, 2.05) is 18.9 Å². The molecule has 0 saturated carbocycles. The fourth-order valence-electron chi connectivity index (χ4n) is 4.24. The summed E-state index contributed by atoms with van der Waals surface area (Å²) in [5, 5.41) is 9.97. The number of hydrogen-bond acceptors (Lipinski definition) is 6. The maximum atomic E-state index is 13.3. The van der Waals surface area contributed by atoms with Crippen molar-refractivity contribution in [3.05, 3.63) is 48.3 Å². The van der Waals surface area contributed by atoms with Gasteiger partial charge in [0.15, 0.2) is 6.29 Å². The predicted molar refractivity (Wildman–Crippen MR) is 106 cm³/mol. The molecule has 3 heterocycles. The van der Waals surface area contributed by atoms with Gasteiger partial charge in [-0.05, 0) is 31.5 Å². The summed E-state index contributed by atoms with van der Waals surface area (Å²) in [6.45, 7) is 8.21. The molecule has 3 aliphatic rings. The van der Waals surface area contributed by atoms with Gasteiger partial charge in [0.2, 0.25) is 0 Å². The molecule has 0 aliphatic carbocycles. The summed E-state index contributed by atoms with van der Waals surface area (Å²) in [4.78, 5) is 30.7. The molecule has 0 aromatic heterocycles. The van der Waals surface area contributed by atoms with E-state index in [9.17, 15) is 14.0 Å². The first-order valence-corrected chi connectivity index (χ1v) is 9.62. The SMILES string of the molecule is C=CCN1C(=O)C2C(NC3N(Cc4ccc(F)cc4)N=C(C)C(C)N23)N(C)C1=O. The highest BCUT2D eigenvalue weighted by atomic mass is 19.1. The van der Waals surface area contributed by atoms with Crippen LogP contribution in [-0.2, 0) is 11.3 Å². The lowest BCUT2D eigenvalue weighted by atomic mass is 10.1. The number of imide groups is 1. The zero-order chi connectivity index (χ0) is 20.9. The molecule has 3 aliphatic heterocycles. The molecule has 1 aromatic rings. The third-order valence-electron chi connectivity index (χ3n) is 5.88. The molecule has 8 nitrogen and oxygen atoms in total. The van der Waals surface area contributed by atoms with Crippen LogP contribution in [0.5, 0.6) is 0 Å². The monoisotopic (exact) mass is 400 g/mol. The van der Waals surface area contributed by atoms with Gasteiger partial charge in [-0.3, -0.25) is 20.0 Å². The van der Waals surface area contributed by atoms with Gasteiger partial charge in [-0.25, -0.2) is 14.1 Å². The number of benzene rings is 1. The topological polar surface area (TPSA) is 71.5 Å². The Morgan fingerprint density at radius 3 is 2.62 bits per heavy atom. The summed E-state index contributed by atoms with van der Waals surface area (Å²) >= 11 is 0. The van der Waals surface area contributed by atoms with Crippen LogP contribution in [0.3, 0.4) is 0 Å².